The zero-order chi connectivity index (χ0) is 15.5. The van der Waals surface area contributed by atoms with Crippen molar-refractivity contribution in [2.75, 3.05) is 13.1 Å². The molecule has 22 heavy (non-hydrogen) atoms. The Kier molecular flexibility index (Phi) is 4.79. The van der Waals surface area contributed by atoms with Crippen molar-refractivity contribution in [2.45, 2.75) is 38.6 Å². The SMILES string of the molecule is CCCCC1CCN(C(=O)c2cc3ccccc3s2)C1CN. The summed E-state index contributed by atoms with van der Waals surface area (Å²) >= 11 is 1.59. The zero-order valence-corrected chi connectivity index (χ0v) is 13.9. The fourth-order valence-corrected chi connectivity index (χ4v) is 4.54. The number of nitrogens with zero attached hydrogens (tertiary/aromatic N) is 1. The number of hydrogen-bond acceptors (Lipinski definition) is 3. The molecular formula is C18H24N2OS. The number of carbonyl (C=O) groups excluding carboxylic acids is 1. The third-order valence-corrected chi connectivity index (χ3v) is 5.86. The molecule has 1 aliphatic heterocycles. The molecule has 1 aromatic heterocycles. The van der Waals surface area contributed by atoms with Gasteiger partial charge in [0.05, 0.1) is 4.88 Å². The van der Waals surface area contributed by atoms with Crippen molar-refractivity contribution in [1.29, 1.82) is 0 Å². The average molecular weight is 316 g/mol. The van der Waals surface area contributed by atoms with Gasteiger partial charge in [0.15, 0.2) is 0 Å². The molecule has 0 bridgehead atoms. The predicted molar refractivity (Wildman–Crippen MR) is 93.3 cm³/mol. The monoisotopic (exact) mass is 316 g/mol. The lowest BCUT2D eigenvalue weighted by molar-refractivity contribution is 0.0727. The first-order chi connectivity index (χ1) is 10.7. The molecule has 2 aromatic rings. The highest BCUT2D eigenvalue weighted by atomic mass is 32.1. The van der Waals surface area contributed by atoms with Gasteiger partial charge in [0.1, 0.15) is 0 Å². The minimum atomic E-state index is 0.163. The van der Waals surface area contributed by atoms with Gasteiger partial charge >= 0.3 is 0 Å². The number of nitrogens with two attached hydrogens (primary N) is 1. The summed E-state index contributed by atoms with van der Waals surface area (Å²) < 4.78 is 1.18. The van der Waals surface area contributed by atoms with Crippen molar-refractivity contribution < 1.29 is 4.79 Å². The van der Waals surface area contributed by atoms with E-state index >= 15 is 0 Å². The van der Waals surface area contributed by atoms with Crippen LogP contribution in [0.1, 0.15) is 42.3 Å². The van der Waals surface area contributed by atoms with Crippen LogP contribution in [0.2, 0.25) is 0 Å². The molecule has 2 unspecified atom stereocenters. The normalized spacial score (nSPS) is 21.6. The molecule has 1 amide bonds. The van der Waals surface area contributed by atoms with Crippen LogP contribution in [0, 0.1) is 5.92 Å². The molecule has 0 aliphatic carbocycles. The van der Waals surface area contributed by atoms with E-state index in [1.165, 1.54) is 24.0 Å². The van der Waals surface area contributed by atoms with E-state index in [1.807, 2.05) is 23.1 Å². The summed E-state index contributed by atoms with van der Waals surface area (Å²) in [5.41, 5.74) is 5.99. The van der Waals surface area contributed by atoms with Crippen LogP contribution in [0.15, 0.2) is 30.3 Å². The van der Waals surface area contributed by atoms with Crippen molar-refractivity contribution in [1.82, 2.24) is 4.90 Å². The van der Waals surface area contributed by atoms with E-state index in [0.717, 1.165) is 23.2 Å². The molecule has 3 nitrogen and oxygen atoms in total. The third-order valence-electron chi connectivity index (χ3n) is 4.75. The van der Waals surface area contributed by atoms with Crippen LogP contribution in [-0.4, -0.2) is 29.9 Å². The average Bonchev–Trinajstić information content (AvgIpc) is 3.15. The van der Waals surface area contributed by atoms with Crippen molar-refractivity contribution in [3.05, 3.63) is 35.2 Å². The van der Waals surface area contributed by atoms with Gasteiger partial charge in [-0.15, -0.1) is 11.3 Å². The molecule has 4 heteroatoms. The Morgan fingerprint density at radius 2 is 2.23 bits per heavy atom. The summed E-state index contributed by atoms with van der Waals surface area (Å²) in [5, 5.41) is 1.15. The molecule has 1 aromatic carbocycles. The van der Waals surface area contributed by atoms with Crippen LogP contribution in [0.5, 0.6) is 0 Å². The highest BCUT2D eigenvalue weighted by Gasteiger charge is 2.36. The lowest BCUT2D eigenvalue weighted by Crippen LogP contribution is -2.42. The minimum Gasteiger partial charge on any atom is -0.333 e. The summed E-state index contributed by atoms with van der Waals surface area (Å²) in [6.07, 6.45) is 4.72. The number of thiophene rings is 1. The van der Waals surface area contributed by atoms with E-state index in [0.29, 0.717) is 12.5 Å². The fraction of sp³-hybridized carbons (Fsp3) is 0.500. The molecule has 0 saturated carbocycles. The molecule has 2 atom stereocenters. The number of benzene rings is 1. The molecule has 2 N–H and O–H groups in total. The molecule has 1 aliphatic rings. The number of unbranched alkanes of at least 4 members (excludes halogenated alkanes) is 1. The summed E-state index contributed by atoms with van der Waals surface area (Å²) in [5.74, 6) is 0.735. The van der Waals surface area contributed by atoms with E-state index in [1.54, 1.807) is 11.3 Å². The number of amides is 1. The third kappa shape index (κ3) is 2.90. The first-order valence-corrected chi connectivity index (χ1v) is 9.06. The molecule has 1 fully saturated rings. The molecule has 2 heterocycles. The van der Waals surface area contributed by atoms with Gasteiger partial charge in [-0.3, -0.25) is 4.79 Å². The topological polar surface area (TPSA) is 46.3 Å². The maximum Gasteiger partial charge on any atom is 0.264 e. The number of likely N-dealkylation sites (tertiary alicyclic amines) is 1. The number of hydrogen-bond donors (Lipinski definition) is 1. The van der Waals surface area contributed by atoms with Gasteiger partial charge in [0.25, 0.3) is 5.91 Å². The molecule has 118 valence electrons. The maximum absolute atomic E-state index is 12.9. The van der Waals surface area contributed by atoms with Gasteiger partial charge in [0, 0.05) is 23.8 Å². The van der Waals surface area contributed by atoms with E-state index in [4.69, 9.17) is 5.73 Å². The molecule has 3 rings (SSSR count). The summed E-state index contributed by atoms with van der Waals surface area (Å²) in [6, 6.07) is 10.4. The van der Waals surface area contributed by atoms with Crippen LogP contribution in [0.4, 0.5) is 0 Å². The van der Waals surface area contributed by atoms with Crippen molar-refractivity contribution in [3.63, 3.8) is 0 Å². The second-order valence-corrected chi connectivity index (χ2v) is 7.22. The van der Waals surface area contributed by atoms with Crippen LogP contribution in [0.25, 0.3) is 10.1 Å². The van der Waals surface area contributed by atoms with E-state index in [9.17, 15) is 4.79 Å². The Balaban J connectivity index is 1.79. The first-order valence-electron chi connectivity index (χ1n) is 8.24. The summed E-state index contributed by atoms with van der Waals surface area (Å²) in [6.45, 7) is 3.64. The standard InChI is InChI=1S/C18H24N2OS/c1-2-3-6-13-9-10-20(15(13)12-19)18(21)17-11-14-7-4-5-8-16(14)22-17/h4-5,7-8,11,13,15H,2-3,6,9-10,12,19H2,1H3. The van der Waals surface area contributed by atoms with Crippen LogP contribution >= 0.6 is 11.3 Å². The molecule has 0 radical (unpaired) electrons. The second kappa shape index (κ2) is 6.80. The quantitative estimate of drug-likeness (QED) is 0.910. The van der Waals surface area contributed by atoms with Crippen LogP contribution in [0.3, 0.4) is 0 Å². The smallest absolute Gasteiger partial charge is 0.264 e. The van der Waals surface area contributed by atoms with E-state index < -0.39 is 0 Å². The minimum absolute atomic E-state index is 0.163. The van der Waals surface area contributed by atoms with E-state index in [-0.39, 0.29) is 11.9 Å². The second-order valence-electron chi connectivity index (χ2n) is 6.14. The van der Waals surface area contributed by atoms with Crippen LogP contribution in [-0.2, 0) is 0 Å². The highest BCUT2D eigenvalue weighted by molar-refractivity contribution is 7.20. The highest BCUT2D eigenvalue weighted by Crippen LogP contribution is 2.32. The Labute approximate surface area is 136 Å². The van der Waals surface area contributed by atoms with Crippen molar-refractivity contribution >= 4 is 27.3 Å². The molecule has 0 spiro atoms. The van der Waals surface area contributed by atoms with Gasteiger partial charge in [-0.2, -0.15) is 0 Å². The lowest BCUT2D eigenvalue weighted by atomic mass is 9.94. The number of rotatable bonds is 5. The predicted octanol–water partition coefficient (Wildman–Crippen LogP) is 3.88. The Morgan fingerprint density at radius 3 is 2.95 bits per heavy atom. The fourth-order valence-electron chi connectivity index (χ4n) is 3.52. The maximum atomic E-state index is 12.9. The number of carbonyl (C=O) groups is 1. The van der Waals surface area contributed by atoms with Gasteiger partial charge in [-0.25, -0.2) is 0 Å². The van der Waals surface area contributed by atoms with E-state index in [2.05, 4.69) is 19.1 Å². The van der Waals surface area contributed by atoms with Gasteiger partial charge in [-0.05, 0) is 36.3 Å². The first kappa shape index (κ1) is 15.5. The Hall–Kier alpha value is -1.39. The summed E-state index contributed by atoms with van der Waals surface area (Å²) in [7, 11) is 0. The number of fused-ring (bicyclic) bond motifs is 1. The van der Waals surface area contributed by atoms with Gasteiger partial charge in [-0.1, -0.05) is 38.0 Å². The Morgan fingerprint density at radius 1 is 1.41 bits per heavy atom. The zero-order valence-electron chi connectivity index (χ0n) is 13.1. The summed E-state index contributed by atoms with van der Waals surface area (Å²) in [4.78, 5) is 15.7. The van der Waals surface area contributed by atoms with Crippen molar-refractivity contribution in [2.24, 2.45) is 11.7 Å². The van der Waals surface area contributed by atoms with Crippen LogP contribution < -0.4 is 5.73 Å². The van der Waals surface area contributed by atoms with Gasteiger partial charge < -0.3 is 10.6 Å². The van der Waals surface area contributed by atoms with Crippen molar-refractivity contribution in [3.8, 4) is 0 Å². The van der Waals surface area contributed by atoms with Gasteiger partial charge in [0.2, 0.25) is 0 Å². The lowest BCUT2D eigenvalue weighted by Gasteiger charge is -2.26. The largest absolute Gasteiger partial charge is 0.333 e. The molecular weight excluding hydrogens is 292 g/mol. The molecule has 1 saturated heterocycles. The Bertz CT molecular complexity index is 618.